The number of carbonyl (C=O) groups is 1. The van der Waals surface area contributed by atoms with E-state index in [0.29, 0.717) is 0 Å². The number of ether oxygens (including phenoxy) is 1. The topological polar surface area (TPSA) is 52.3 Å². The third-order valence-corrected chi connectivity index (χ3v) is 3.89. The van der Waals surface area contributed by atoms with E-state index >= 15 is 0 Å². The van der Waals surface area contributed by atoms with Crippen molar-refractivity contribution >= 4 is 5.97 Å². The van der Waals surface area contributed by atoms with Gasteiger partial charge in [-0.15, -0.1) is 0 Å². The average molecular weight is 297 g/mol. The highest BCUT2D eigenvalue weighted by Crippen LogP contribution is 2.30. The highest BCUT2D eigenvalue weighted by Gasteiger charge is 2.14. The second-order valence-electron chi connectivity index (χ2n) is 5.79. The third kappa shape index (κ3) is 3.55. The number of rotatable bonds is 4. The lowest BCUT2D eigenvalue weighted by molar-refractivity contribution is -0.141. The molecule has 2 aromatic carbocycles. The Bertz CT molecular complexity index is 669. The van der Waals surface area contributed by atoms with Gasteiger partial charge in [0.25, 0.3) is 0 Å². The fourth-order valence-electron chi connectivity index (χ4n) is 2.94. The van der Waals surface area contributed by atoms with Crippen LogP contribution in [-0.2, 0) is 9.53 Å². The number of esters is 1. The van der Waals surface area contributed by atoms with Crippen molar-refractivity contribution in [2.45, 2.75) is 33.2 Å². The molecule has 0 saturated carbocycles. The highest BCUT2D eigenvalue weighted by atomic mass is 16.5. The summed E-state index contributed by atoms with van der Waals surface area (Å²) in [6.07, 6.45) is 0.186. The number of hydrogen-bond acceptors (Lipinski definition) is 3. The predicted octanol–water partition coefficient (Wildman–Crippen LogP) is 3.84. The molecule has 2 N–H and O–H groups in total. The molecule has 3 nitrogen and oxygen atoms in total. The third-order valence-electron chi connectivity index (χ3n) is 3.89. The largest absolute Gasteiger partial charge is 0.469 e. The van der Waals surface area contributed by atoms with Gasteiger partial charge < -0.3 is 10.5 Å². The molecular formula is C19H23NO2. The minimum atomic E-state index is -0.349. The van der Waals surface area contributed by atoms with Gasteiger partial charge >= 0.3 is 5.97 Å². The molecule has 0 bridgehead atoms. The molecule has 0 aliphatic carbocycles. The van der Waals surface area contributed by atoms with Crippen LogP contribution in [0.15, 0.2) is 36.4 Å². The van der Waals surface area contributed by atoms with E-state index < -0.39 is 0 Å². The minimum absolute atomic E-state index is 0.186. The number of methoxy groups -OCH3 is 1. The molecule has 0 spiro atoms. The Hall–Kier alpha value is -2.13. The SMILES string of the molecule is COC(=O)CC(N)c1cccc(-c2c(C)cc(C)cc2C)c1. The Balaban J connectivity index is 2.39. The van der Waals surface area contributed by atoms with Crippen molar-refractivity contribution in [2.24, 2.45) is 5.73 Å². The smallest absolute Gasteiger partial charge is 0.307 e. The van der Waals surface area contributed by atoms with Crippen molar-refractivity contribution in [3.05, 3.63) is 58.7 Å². The predicted molar refractivity (Wildman–Crippen MR) is 89.7 cm³/mol. The van der Waals surface area contributed by atoms with Gasteiger partial charge in [0.2, 0.25) is 0 Å². The Morgan fingerprint density at radius 3 is 2.36 bits per heavy atom. The lowest BCUT2D eigenvalue weighted by Crippen LogP contribution is -2.16. The highest BCUT2D eigenvalue weighted by molar-refractivity contribution is 5.73. The monoisotopic (exact) mass is 297 g/mol. The Labute approximate surface area is 132 Å². The van der Waals surface area contributed by atoms with E-state index in [2.05, 4.69) is 49.8 Å². The molecule has 0 aliphatic heterocycles. The van der Waals surface area contributed by atoms with Gasteiger partial charge in [-0.1, -0.05) is 35.9 Å². The summed E-state index contributed by atoms with van der Waals surface area (Å²) in [6, 6.07) is 12.1. The van der Waals surface area contributed by atoms with Crippen molar-refractivity contribution in [1.82, 2.24) is 0 Å². The van der Waals surface area contributed by atoms with E-state index in [9.17, 15) is 4.79 Å². The molecule has 0 saturated heterocycles. The number of carbonyl (C=O) groups excluding carboxylic acids is 1. The molecule has 1 unspecified atom stereocenters. The maximum atomic E-state index is 11.4. The molecule has 0 amide bonds. The van der Waals surface area contributed by atoms with Gasteiger partial charge in [0, 0.05) is 6.04 Å². The molecule has 0 aliphatic rings. The van der Waals surface area contributed by atoms with E-state index in [1.807, 2.05) is 12.1 Å². The van der Waals surface area contributed by atoms with E-state index in [0.717, 1.165) is 11.1 Å². The molecule has 0 heterocycles. The first kappa shape index (κ1) is 16.2. The summed E-state index contributed by atoms with van der Waals surface area (Å²) in [5.74, 6) is -0.291. The molecule has 2 rings (SSSR count). The first-order chi connectivity index (χ1) is 10.4. The second kappa shape index (κ2) is 6.75. The standard InChI is InChI=1S/C19H23NO2/c1-12-8-13(2)19(14(3)9-12)16-7-5-6-15(10-16)17(20)11-18(21)22-4/h5-10,17H,11,20H2,1-4H3. The molecule has 2 aromatic rings. The van der Waals surface area contributed by atoms with Crippen molar-refractivity contribution in [2.75, 3.05) is 7.11 Å². The fourth-order valence-corrected chi connectivity index (χ4v) is 2.94. The minimum Gasteiger partial charge on any atom is -0.469 e. The molecule has 0 radical (unpaired) electrons. The first-order valence-corrected chi connectivity index (χ1v) is 7.43. The van der Waals surface area contributed by atoms with Crippen LogP contribution in [0.25, 0.3) is 11.1 Å². The van der Waals surface area contributed by atoms with Gasteiger partial charge in [-0.2, -0.15) is 0 Å². The van der Waals surface area contributed by atoms with E-state index in [-0.39, 0.29) is 18.4 Å². The van der Waals surface area contributed by atoms with E-state index in [1.165, 1.54) is 29.4 Å². The van der Waals surface area contributed by atoms with Gasteiger partial charge in [-0.05, 0) is 54.7 Å². The maximum Gasteiger partial charge on any atom is 0.307 e. The molecule has 0 fully saturated rings. The van der Waals surface area contributed by atoms with Crippen LogP contribution < -0.4 is 5.73 Å². The summed E-state index contributed by atoms with van der Waals surface area (Å²) in [5.41, 5.74) is 13.2. The fraction of sp³-hybridized carbons (Fsp3) is 0.316. The second-order valence-corrected chi connectivity index (χ2v) is 5.79. The summed E-state index contributed by atoms with van der Waals surface area (Å²) in [7, 11) is 1.38. The Morgan fingerprint density at radius 1 is 1.14 bits per heavy atom. The van der Waals surface area contributed by atoms with Crippen LogP contribution in [0.2, 0.25) is 0 Å². The number of benzene rings is 2. The van der Waals surface area contributed by atoms with E-state index in [4.69, 9.17) is 5.73 Å². The van der Waals surface area contributed by atoms with Crippen LogP contribution in [0.3, 0.4) is 0 Å². The quantitative estimate of drug-likeness (QED) is 0.872. The van der Waals surface area contributed by atoms with Crippen LogP contribution in [0.5, 0.6) is 0 Å². The zero-order chi connectivity index (χ0) is 16.3. The Morgan fingerprint density at radius 2 is 1.77 bits per heavy atom. The molecule has 22 heavy (non-hydrogen) atoms. The molecule has 3 heteroatoms. The van der Waals surface area contributed by atoms with Gasteiger partial charge in [0.05, 0.1) is 13.5 Å². The first-order valence-electron chi connectivity index (χ1n) is 7.43. The van der Waals surface area contributed by atoms with Crippen molar-refractivity contribution in [3.8, 4) is 11.1 Å². The van der Waals surface area contributed by atoms with Crippen LogP contribution in [-0.4, -0.2) is 13.1 Å². The average Bonchev–Trinajstić information content (AvgIpc) is 2.46. The van der Waals surface area contributed by atoms with Crippen LogP contribution in [0.1, 0.15) is 34.7 Å². The van der Waals surface area contributed by atoms with Gasteiger partial charge in [-0.25, -0.2) is 0 Å². The molecule has 0 aromatic heterocycles. The molecule has 1 atom stereocenters. The molecular weight excluding hydrogens is 274 g/mol. The van der Waals surface area contributed by atoms with Crippen molar-refractivity contribution in [1.29, 1.82) is 0 Å². The summed E-state index contributed by atoms with van der Waals surface area (Å²) in [5, 5.41) is 0. The maximum absolute atomic E-state index is 11.4. The molecule has 116 valence electrons. The summed E-state index contributed by atoms with van der Waals surface area (Å²) >= 11 is 0. The number of nitrogens with two attached hydrogens (primary N) is 1. The Kier molecular flexibility index (Phi) is 4.99. The zero-order valence-corrected chi connectivity index (χ0v) is 13.6. The number of aryl methyl sites for hydroxylation is 3. The van der Waals surface area contributed by atoms with Crippen molar-refractivity contribution in [3.63, 3.8) is 0 Å². The lowest BCUT2D eigenvalue weighted by Gasteiger charge is -2.15. The van der Waals surface area contributed by atoms with Gasteiger partial charge in [0.15, 0.2) is 0 Å². The van der Waals surface area contributed by atoms with Gasteiger partial charge in [0.1, 0.15) is 0 Å². The lowest BCUT2D eigenvalue weighted by atomic mass is 9.91. The zero-order valence-electron chi connectivity index (χ0n) is 13.6. The summed E-state index contributed by atoms with van der Waals surface area (Å²) in [6.45, 7) is 6.35. The summed E-state index contributed by atoms with van der Waals surface area (Å²) < 4.78 is 4.69. The van der Waals surface area contributed by atoms with Crippen molar-refractivity contribution < 1.29 is 9.53 Å². The van der Waals surface area contributed by atoms with Crippen LogP contribution in [0, 0.1) is 20.8 Å². The van der Waals surface area contributed by atoms with E-state index in [1.54, 1.807) is 0 Å². The van der Waals surface area contributed by atoms with Crippen LogP contribution >= 0.6 is 0 Å². The van der Waals surface area contributed by atoms with Gasteiger partial charge in [-0.3, -0.25) is 4.79 Å². The number of hydrogen-bond donors (Lipinski definition) is 1. The summed E-state index contributed by atoms with van der Waals surface area (Å²) in [4.78, 5) is 11.4. The van der Waals surface area contributed by atoms with Crippen LogP contribution in [0.4, 0.5) is 0 Å². The normalized spacial score (nSPS) is 12.0.